The molecule has 1 aliphatic rings. The van der Waals surface area contributed by atoms with Crippen molar-refractivity contribution in [3.63, 3.8) is 0 Å². The van der Waals surface area contributed by atoms with Crippen LogP contribution in [0.2, 0.25) is 0 Å². The standard InChI is InChI=1S/C11H22ClNO3S/c1-16-9-10-17(14,15)13(8-7-12)11-5-3-2-4-6-11/h11H,2-10H2,1H3. The number of halogens is 1. The third-order valence-electron chi connectivity index (χ3n) is 3.19. The molecule has 1 fully saturated rings. The minimum absolute atomic E-state index is 0.0525. The molecule has 102 valence electrons. The number of nitrogens with zero attached hydrogens (tertiary/aromatic N) is 1. The number of ether oxygens (including phenoxy) is 1. The van der Waals surface area contributed by atoms with Gasteiger partial charge in [0.2, 0.25) is 10.0 Å². The van der Waals surface area contributed by atoms with Gasteiger partial charge in [-0.05, 0) is 12.8 Å². The number of alkyl halides is 1. The fourth-order valence-electron chi connectivity index (χ4n) is 2.31. The molecule has 0 bridgehead atoms. The van der Waals surface area contributed by atoms with E-state index in [1.807, 2.05) is 0 Å². The molecule has 0 unspecified atom stereocenters. The van der Waals surface area contributed by atoms with Gasteiger partial charge in [0, 0.05) is 25.6 Å². The highest BCUT2D eigenvalue weighted by Crippen LogP contribution is 2.24. The van der Waals surface area contributed by atoms with Crippen LogP contribution in [0.4, 0.5) is 0 Å². The first-order valence-corrected chi connectivity index (χ1v) is 8.30. The Hall–Kier alpha value is 0.160. The number of methoxy groups -OCH3 is 1. The first-order valence-electron chi connectivity index (χ1n) is 6.16. The third-order valence-corrected chi connectivity index (χ3v) is 5.24. The van der Waals surface area contributed by atoms with E-state index in [0.717, 1.165) is 25.7 Å². The summed E-state index contributed by atoms with van der Waals surface area (Å²) >= 11 is 5.72. The zero-order chi connectivity index (χ0) is 12.7. The summed E-state index contributed by atoms with van der Waals surface area (Å²) in [6, 6.07) is 0.143. The van der Waals surface area contributed by atoms with Crippen LogP contribution in [0.3, 0.4) is 0 Å². The highest BCUT2D eigenvalue weighted by atomic mass is 35.5. The third kappa shape index (κ3) is 4.73. The molecule has 0 aromatic heterocycles. The van der Waals surface area contributed by atoms with Crippen LogP contribution >= 0.6 is 11.6 Å². The van der Waals surface area contributed by atoms with Crippen LogP contribution < -0.4 is 0 Å². The summed E-state index contributed by atoms with van der Waals surface area (Å²) in [7, 11) is -1.71. The lowest BCUT2D eigenvalue weighted by molar-refractivity contribution is 0.211. The van der Waals surface area contributed by atoms with E-state index in [2.05, 4.69) is 0 Å². The van der Waals surface area contributed by atoms with E-state index < -0.39 is 10.0 Å². The fourth-order valence-corrected chi connectivity index (χ4v) is 4.24. The molecule has 0 atom stereocenters. The molecular weight excluding hydrogens is 262 g/mol. The Balaban J connectivity index is 2.68. The summed E-state index contributed by atoms with van der Waals surface area (Å²) in [6.07, 6.45) is 5.36. The average Bonchev–Trinajstić information content (AvgIpc) is 2.34. The molecule has 1 rings (SSSR count). The molecule has 4 nitrogen and oxygen atoms in total. The van der Waals surface area contributed by atoms with Crippen LogP contribution in [-0.4, -0.2) is 50.7 Å². The molecule has 0 aromatic rings. The summed E-state index contributed by atoms with van der Waals surface area (Å²) in [5.74, 6) is 0.402. The van der Waals surface area contributed by atoms with Crippen molar-refractivity contribution >= 4 is 21.6 Å². The monoisotopic (exact) mass is 283 g/mol. The van der Waals surface area contributed by atoms with E-state index in [9.17, 15) is 8.42 Å². The van der Waals surface area contributed by atoms with E-state index in [-0.39, 0.29) is 18.4 Å². The Morgan fingerprint density at radius 1 is 1.29 bits per heavy atom. The van der Waals surface area contributed by atoms with Crippen molar-refractivity contribution in [3.8, 4) is 0 Å². The summed E-state index contributed by atoms with van der Waals surface area (Å²) in [5.41, 5.74) is 0. The minimum Gasteiger partial charge on any atom is -0.384 e. The molecule has 6 heteroatoms. The molecule has 0 N–H and O–H groups in total. The van der Waals surface area contributed by atoms with Crippen LogP contribution in [0, 0.1) is 0 Å². The first kappa shape index (κ1) is 15.2. The molecule has 0 aliphatic heterocycles. The molecule has 1 saturated carbocycles. The molecule has 0 saturated heterocycles. The highest BCUT2D eigenvalue weighted by Gasteiger charge is 2.30. The SMILES string of the molecule is COCCS(=O)(=O)N(CCCl)C1CCCCC1. The molecule has 0 aromatic carbocycles. The molecule has 0 heterocycles. The van der Waals surface area contributed by atoms with Crippen molar-refractivity contribution in [2.24, 2.45) is 0 Å². The van der Waals surface area contributed by atoms with Gasteiger partial charge >= 0.3 is 0 Å². The van der Waals surface area contributed by atoms with Crippen LogP contribution in [-0.2, 0) is 14.8 Å². The number of rotatable bonds is 7. The highest BCUT2D eigenvalue weighted by molar-refractivity contribution is 7.89. The number of sulfonamides is 1. The van der Waals surface area contributed by atoms with Gasteiger partial charge in [0.25, 0.3) is 0 Å². The predicted octanol–water partition coefficient (Wildman–Crippen LogP) is 1.84. The second-order valence-corrected chi connectivity index (χ2v) is 6.82. The van der Waals surface area contributed by atoms with Crippen molar-refractivity contribution in [3.05, 3.63) is 0 Å². The summed E-state index contributed by atoms with van der Waals surface area (Å²) in [6.45, 7) is 0.659. The largest absolute Gasteiger partial charge is 0.384 e. The van der Waals surface area contributed by atoms with Crippen LogP contribution in [0.5, 0.6) is 0 Å². The Morgan fingerprint density at radius 3 is 2.47 bits per heavy atom. The zero-order valence-corrected chi connectivity index (χ0v) is 12.0. The van der Waals surface area contributed by atoms with Gasteiger partial charge < -0.3 is 4.74 Å². The topological polar surface area (TPSA) is 46.6 Å². The Bertz CT molecular complexity index is 302. The molecule has 0 spiro atoms. The predicted molar refractivity (Wildman–Crippen MR) is 70.0 cm³/mol. The quantitative estimate of drug-likeness (QED) is 0.670. The molecule has 0 amide bonds. The van der Waals surface area contributed by atoms with Gasteiger partial charge in [-0.3, -0.25) is 0 Å². The lowest BCUT2D eigenvalue weighted by Gasteiger charge is -2.32. The van der Waals surface area contributed by atoms with Crippen molar-refractivity contribution in [2.75, 3.05) is 31.9 Å². The van der Waals surface area contributed by atoms with Crippen LogP contribution in [0.25, 0.3) is 0 Å². The van der Waals surface area contributed by atoms with Crippen molar-refractivity contribution in [1.29, 1.82) is 0 Å². The van der Waals surface area contributed by atoms with E-state index in [0.29, 0.717) is 12.4 Å². The average molecular weight is 284 g/mol. The Kier molecular flexibility index (Phi) is 6.77. The zero-order valence-electron chi connectivity index (χ0n) is 10.4. The number of hydrogen-bond acceptors (Lipinski definition) is 3. The summed E-state index contributed by atoms with van der Waals surface area (Å²) in [4.78, 5) is 0. The van der Waals surface area contributed by atoms with Crippen LogP contribution in [0.15, 0.2) is 0 Å². The van der Waals surface area contributed by atoms with Gasteiger partial charge in [-0.15, -0.1) is 11.6 Å². The maximum absolute atomic E-state index is 12.2. The van der Waals surface area contributed by atoms with Gasteiger partial charge in [0.15, 0.2) is 0 Å². The van der Waals surface area contributed by atoms with Crippen LogP contribution in [0.1, 0.15) is 32.1 Å². The summed E-state index contributed by atoms with van der Waals surface area (Å²) < 4.78 is 30.8. The van der Waals surface area contributed by atoms with Gasteiger partial charge in [0.1, 0.15) is 0 Å². The molecule has 0 radical (unpaired) electrons. The normalized spacial score (nSPS) is 18.8. The van der Waals surface area contributed by atoms with E-state index in [1.165, 1.54) is 13.5 Å². The second-order valence-electron chi connectivity index (χ2n) is 4.40. The fraction of sp³-hybridized carbons (Fsp3) is 1.00. The van der Waals surface area contributed by atoms with E-state index >= 15 is 0 Å². The summed E-state index contributed by atoms with van der Waals surface area (Å²) in [5, 5.41) is 0. The van der Waals surface area contributed by atoms with Crippen molar-refractivity contribution < 1.29 is 13.2 Å². The smallest absolute Gasteiger partial charge is 0.216 e. The molecule has 17 heavy (non-hydrogen) atoms. The van der Waals surface area contributed by atoms with Gasteiger partial charge in [-0.25, -0.2) is 8.42 Å². The minimum atomic E-state index is -3.22. The van der Waals surface area contributed by atoms with Crippen molar-refractivity contribution in [1.82, 2.24) is 4.31 Å². The van der Waals surface area contributed by atoms with E-state index in [4.69, 9.17) is 16.3 Å². The van der Waals surface area contributed by atoms with Gasteiger partial charge in [0.05, 0.1) is 12.4 Å². The maximum Gasteiger partial charge on any atom is 0.216 e. The molecule has 1 aliphatic carbocycles. The number of hydrogen-bond donors (Lipinski definition) is 0. The first-order chi connectivity index (χ1) is 8.11. The second kappa shape index (κ2) is 7.56. The van der Waals surface area contributed by atoms with Crippen molar-refractivity contribution in [2.45, 2.75) is 38.1 Å². The lowest BCUT2D eigenvalue weighted by atomic mass is 9.95. The molecular formula is C11H22ClNO3S. The Labute approximate surface area is 109 Å². The Morgan fingerprint density at radius 2 is 1.94 bits per heavy atom. The lowest BCUT2D eigenvalue weighted by Crippen LogP contribution is -2.44. The van der Waals surface area contributed by atoms with E-state index in [1.54, 1.807) is 4.31 Å². The van der Waals surface area contributed by atoms with Gasteiger partial charge in [-0.1, -0.05) is 19.3 Å². The maximum atomic E-state index is 12.2. The van der Waals surface area contributed by atoms with Gasteiger partial charge in [-0.2, -0.15) is 4.31 Å².